The SMILES string of the molecule is COCCN(CCOC)CC(=O)NCc1ccc(Cl)s1. The summed E-state index contributed by atoms with van der Waals surface area (Å²) in [7, 11) is 3.30. The summed E-state index contributed by atoms with van der Waals surface area (Å²) in [6, 6.07) is 3.75. The lowest BCUT2D eigenvalue weighted by Gasteiger charge is -2.20. The number of ether oxygens (including phenoxy) is 2. The van der Waals surface area contributed by atoms with Crippen LogP contribution in [-0.4, -0.2) is 57.9 Å². The van der Waals surface area contributed by atoms with Gasteiger partial charge in [-0.05, 0) is 12.1 Å². The lowest BCUT2D eigenvalue weighted by Crippen LogP contribution is -2.40. The molecule has 1 aromatic heterocycles. The molecule has 0 saturated carbocycles. The summed E-state index contributed by atoms with van der Waals surface area (Å²) in [6.45, 7) is 3.45. The molecule has 1 aromatic rings. The number of carbonyl (C=O) groups is 1. The van der Waals surface area contributed by atoms with Crippen LogP contribution >= 0.6 is 22.9 Å². The van der Waals surface area contributed by atoms with Crippen LogP contribution in [0.25, 0.3) is 0 Å². The summed E-state index contributed by atoms with van der Waals surface area (Å²) in [5.41, 5.74) is 0. The van der Waals surface area contributed by atoms with Crippen molar-refractivity contribution in [1.29, 1.82) is 0 Å². The van der Waals surface area contributed by atoms with E-state index in [1.165, 1.54) is 11.3 Å². The second kappa shape index (κ2) is 10.1. The Balaban J connectivity index is 2.32. The van der Waals surface area contributed by atoms with Gasteiger partial charge in [0.2, 0.25) is 5.91 Å². The van der Waals surface area contributed by atoms with Crippen molar-refractivity contribution < 1.29 is 14.3 Å². The molecule has 7 heteroatoms. The molecule has 0 aliphatic rings. The molecule has 0 bridgehead atoms. The first-order chi connectivity index (χ1) is 9.65. The van der Waals surface area contributed by atoms with Gasteiger partial charge in [-0.2, -0.15) is 0 Å². The maximum atomic E-state index is 11.9. The third-order valence-corrected chi connectivity index (χ3v) is 3.91. The molecule has 5 nitrogen and oxygen atoms in total. The molecule has 114 valence electrons. The summed E-state index contributed by atoms with van der Waals surface area (Å²) in [5, 5.41) is 2.89. The molecule has 0 spiro atoms. The van der Waals surface area contributed by atoms with E-state index in [-0.39, 0.29) is 5.91 Å². The van der Waals surface area contributed by atoms with E-state index in [0.29, 0.717) is 39.4 Å². The van der Waals surface area contributed by atoms with Gasteiger partial charge in [0.1, 0.15) is 0 Å². The highest BCUT2D eigenvalue weighted by Crippen LogP contribution is 2.20. The Labute approximate surface area is 128 Å². The molecule has 1 rings (SSSR count). The standard InChI is InChI=1S/C13H21ClN2O3S/c1-18-7-5-16(6-8-19-2)10-13(17)15-9-11-3-4-12(14)20-11/h3-4H,5-10H2,1-2H3,(H,15,17). The molecule has 1 heterocycles. The van der Waals surface area contributed by atoms with Crippen LogP contribution in [-0.2, 0) is 20.8 Å². The average molecular weight is 321 g/mol. The second-order valence-corrected chi connectivity index (χ2v) is 6.04. The van der Waals surface area contributed by atoms with Gasteiger partial charge in [-0.25, -0.2) is 0 Å². The van der Waals surface area contributed by atoms with E-state index >= 15 is 0 Å². The number of hydrogen-bond acceptors (Lipinski definition) is 5. The normalized spacial score (nSPS) is 11.0. The Morgan fingerprint density at radius 1 is 1.30 bits per heavy atom. The number of carbonyl (C=O) groups excluding carboxylic acids is 1. The third kappa shape index (κ3) is 7.21. The molecule has 0 radical (unpaired) electrons. The number of halogens is 1. The number of nitrogens with zero attached hydrogens (tertiary/aromatic N) is 1. The Hall–Kier alpha value is -0.660. The summed E-state index contributed by atoms with van der Waals surface area (Å²) in [6.07, 6.45) is 0. The van der Waals surface area contributed by atoms with Gasteiger partial charge in [-0.3, -0.25) is 9.69 Å². The van der Waals surface area contributed by atoms with Gasteiger partial charge < -0.3 is 14.8 Å². The lowest BCUT2D eigenvalue weighted by molar-refractivity contribution is -0.122. The summed E-state index contributed by atoms with van der Waals surface area (Å²) >= 11 is 7.32. The number of methoxy groups -OCH3 is 2. The second-order valence-electron chi connectivity index (χ2n) is 4.24. The van der Waals surface area contributed by atoms with Crippen LogP contribution in [0.1, 0.15) is 4.88 Å². The molecule has 1 amide bonds. The van der Waals surface area contributed by atoms with Gasteiger partial charge >= 0.3 is 0 Å². The molecule has 0 aromatic carbocycles. The van der Waals surface area contributed by atoms with Crippen molar-refractivity contribution in [1.82, 2.24) is 10.2 Å². The van der Waals surface area contributed by atoms with Crippen LogP contribution in [0, 0.1) is 0 Å². The first-order valence-corrected chi connectivity index (χ1v) is 7.56. The van der Waals surface area contributed by atoms with Gasteiger partial charge in [0, 0.05) is 32.2 Å². The van der Waals surface area contributed by atoms with Crippen LogP contribution in [0.2, 0.25) is 4.34 Å². The monoisotopic (exact) mass is 320 g/mol. The molecule has 1 N–H and O–H groups in total. The van der Waals surface area contributed by atoms with Crippen molar-refractivity contribution in [2.75, 3.05) is 47.1 Å². The number of nitrogens with one attached hydrogen (secondary N) is 1. The molecule has 0 atom stereocenters. The molecule has 0 aliphatic carbocycles. The fraction of sp³-hybridized carbons (Fsp3) is 0.615. The predicted molar refractivity (Wildman–Crippen MR) is 81.4 cm³/mol. The summed E-state index contributed by atoms with van der Waals surface area (Å²) < 4.78 is 10.8. The van der Waals surface area contributed by atoms with Crippen LogP contribution in [0.5, 0.6) is 0 Å². The Morgan fingerprint density at radius 3 is 2.45 bits per heavy atom. The van der Waals surface area contributed by atoms with E-state index in [9.17, 15) is 4.79 Å². The van der Waals surface area contributed by atoms with Crippen molar-refractivity contribution >= 4 is 28.8 Å². The number of amides is 1. The average Bonchev–Trinajstić information content (AvgIpc) is 2.85. The molecule has 0 fully saturated rings. The topological polar surface area (TPSA) is 50.8 Å². The van der Waals surface area contributed by atoms with Gasteiger partial charge in [0.25, 0.3) is 0 Å². The van der Waals surface area contributed by atoms with Gasteiger partial charge in [0.05, 0.1) is 30.6 Å². The Morgan fingerprint density at radius 2 is 1.95 bits per heavy atom. The van der Waals surface area contributed by atoms with Crippen molar-refractivity contribution in [3.05, 3.63) is 21.3 Å². The van der Waals surface area contributed by atoms with Gasteiger partial charge in [0.15, 0.2) is 0 Å². The molecule has 0 aliphatic heterocycles. The van der Waals surface area contributed by atoms with Crippen LogP contribution < -0.4 is 5.32 Å². The predicted octanol–water partition coefficient (Wildman–Crippen LogP) is 1.61. The minimum absolute atomic E-state index is 0.0123. The maximum absolute atomic E-state index is 11.9. The number of hydrogen-bond donors (Lipinski definition) is 1. The zero-order valence-electron chi connectivity index (χ0n) is 11.9. The molecular formula is C13H21ClN2O3S. The molecule has 0 unspecified atom stereocenters. The summed E-state index contributed by atoms with van der Waals surface area (Å²) in [4.78, 5) is 14.9. The Kier molecular flexibility index (Phi) is 8.80. The number of thiophene rings is 1. The molecular weight excluding hydrogens is 300 g/mol. The van der Waals surface area contributed by atoms with Crippen molar-refractivity contribution in [3.8, 4) is 0 Å². The number of rotatable bonds is 10. The zero-order chi connectivity index (χ0) is 14.8. The van der Waals surface area contributed by atoms with Crippen LogP contribution in [0.4, 0.5) is 0 Å². The van der Waals surface area contributed by atoms with E-state index < -0.39 is 0 Å². The minimum Gasteiger partial charge on any atom is -0.383 e. The smallest absolute Gasteiger partial charge is 0.234 e. The van der Waals surface area contributed by atoms with Gasteiger partial charge in [-0.1, -0.05) is 11.6 Å². The fourth-order valence-corrected chi connectivity index (χ4v) is 2.63. The first kappa shape index (κ1) is 17.4. The lowest BCUT2D eigenvalue weighted by atomic mass is 10.4. The largest absolute Gasteiger partial charge is 0.383 e. The quantitative estimate of drug-likeness (QED) is 0.711. The van der Waals surface area contributed by atoms with E-state index in [4.69, 9.17) is 21.1 Å². The molecule has 0 saturated heterocycles. The zero-order valence-corrected chi connectivity index (χ0v) is 13.4. The van der Waals surface area contributed by atoms with E-state index in [1.54, 1.807) is 14.2 Å². The van der Waals surface area contributed by atoms with Crippen LogP contribution in [0.15, 0.2) is 12.1 Å². The first-order valence-electron chi connectivity index (χ1n) is 6.37. The highest BCUT2D eigenvalue weighted by Gasteiger charge is 2.10. The molecule has 20 heavy (non-hydrogen) atoms. The van der Waals surface area contributed by atoms with Crippen molar-refractivity contribution in [2.24, 2.45) is 0 Å². The maximum Gasteiger partial charge on any atom is 0.234 e. The van der Waals surface area contributed by atoms with E-state index in [2.05, 4.69) is 5.32 Å². The minimum atomic E-state index is -0.0123. The van der Waals surface area contributed by atoms with Gasteiger partial charge in [-0.15, -0.1) is 11.3 Å². The van der Waals surface area contributed by atoms with Crippen molar-refractivity contribution in [2.45, 2.75) is 6.54 Å². The fourth-order valence-electron chi connectivity index (χ4n) is 1.60. The highest BCUT2D eigenvalue weighted by molar-refractivity contribution is 7.16. The Bertz CT molecular complexity index is 393. The summed E-state index contributed by atoms with van der Waals surface area (Å²) in [5.74, 6) is -0.0123. The van der Waals surface area contributed by atoms with Crippen molar-refractivity contribution in [3.63, 3.8) is 0 Å². The van der Waals surface area contributed by atoms with Crippen LogP contribution in [0.3, 0.4) is 0 Å². The van der Waals surface area contributed by atoms with E-state index in [0.717, 1.165) is 9.21 Å². The highest BCUT2D eigenvalue weighted by atomic mass is 35.5. The third-order valence-electron chi connectivity index (χ3n) is 2.68. The van der Waals surface area contributed by atoms with E-state index in [1.807, 2.05) is 17.0 Å².